The van der Waals surface area contributed by atoms with Gasteiger partial charge < -0.3 is 25.6 Å². The molecule has 0 amide bonds. The molecular formula is C27H28N2O4. The van der Waals surface area contributed by atoms with Crippen LogP contribution in [0.3, 0.4) is 0 Å². The fourth-order valence-electron chi connectivity index (χ4n) is 4.52. The highest BCUT2D eigenvalue weighted by Gasteiger charge is 2.26. The minimum absolute atomic E-state index is 0.0771. The van der Waals surface area contributed by atoms with Gasteiger partial charge in [0.1, 0.15) is 24.2 Å². The molecule has 0 fully saturated rings. The second kappa shape index (κ2) is 8.45. The average Bonchev–Trinajstić information content (AvgIpc) is 3.18. The number of hydrogen-bond acceptors (Lipinski definition) is 5. The zero-order chi connectivity index (χ0) is 23.1. The molecule has 4 N–H and O–H groups in total. The Bertz CT molecular complexity index is 1220. The van der Waals surface area contributed by atoms with Crippen molar-refractivity contribution in [1.82, 2.24) is 0 Å². The molecule has 2 atom stereocenters. The van der Waals surface area contributed by atoms with E-state index in [-0.39, 0.29) is 18.6 Å². The van der Waals surface area contributed by atoms with Crippen LogP contribution in [-0.2, 0) is 11.2 Å². The summed E-state index contributed by atoms with van der Waals surface area (Å²) in [6.45, 7) is 5.47. The fraction of sp³-hybridized carbons (Fsp3) is 0.296. The van der Waals surface area contributed by atoms with E-state index in [2.05, 4.69) is 49.5 Å². The predicted octanol–water partition coefficient (Wildman–Crippen LogP) is 5.04. The summed E-state index contributed by atoms with van der Waals surface area (Å²) in [6.07, 6.45) is -0.309. The Morgan fingerprint density at radius 2 is 2.00 bits per heavy atom. The molecule has 3 aromatic carbocycles. The first-order valence-corrected chi connectivity index (χ1v) is 11.3. The van der Waals surface area contributed by atoms with Crippen molar-refractivity contribution in [2.24, 2.45) is 5.73 Å². The Hall–Kier alpha value is -3.51. The molecule has 0 spiro atoms. The van der Waals surface area contributed by atoms with E-state index in [9.17, 15) is 9.90 Å². The van der Waals surface area contributed by atoms with Crippen molar-refractivity contribution < 1.29 is 19.4 Å². The number of anilines is 1. The molecule has 0 unspecified atom stereocenters. The first kappa shape index (κ1) is 21.3. The molecule has 2 aliphatic rings. The molecule has 0 saturated heterocycles. The van der Waals surface area contributed by atoms with E-state index in [1.54, 1.807) is 0 Å². The summed E-state index contributed by atoms with van der Waals surface area (Å²) < 4.78 is 12.1. The Labute approximate surface area is 193 Å². The number of benzene rings is 3. The number of carbonyl (C=O) groups is 1. The number of nitrogens with one attached hydrogen (secondary N) is 1. The third-order valence-corrected chi connectivity index (χ3v) is 6.35. The standard InChI is InChI=1S/C27H28N2O4/c1-15(2)18-8-19(16-6-7-24-21(11-16)22(28)14-32-24)10-20(9-18)25-13-29-23-5-3-4-17(12-26(30)31)27(23)33-25/h3-11,15,22,25,29H,12-14,28H2,1-2H3,(H,30,31)/t22-,25+/m1/s1. The Morgan fingerprint density at radius 3 is 2.79 bits per heavy atom. The first-order valence-electron chi connectivity index (χ1n) is 11.3. The molecule has 0 radical (unpaired) electrons. The smallest absolute Gasteiger partial charge is 0.307 e. The van der Waals surface area contributed by atoms with Crippen LogP contribution in [0.15, 0.2) is 54.6 Å². The molecular weight excluding hydrogens is 416 g/mol. The van der Waals surface area contributed by atoms with Gasteiger partial charge in [0.2, 0.25) is 0 Å². The van der Waals surface area contributed by atoms with Crippen molar-refractivity contribution in [3.8, 4) is 22.6 Å². The van der Waals surface area contributed by atoms with Crippen molar-refractivity contribution in [3.63, 3.8) is 0 Å². The molecule has 0 bridgehead atoms. The van der Waals surface area contributed by atoms with Crippen LogP contribution in [-0.4, -0.2) is 24.2 Å². The molecule has 2 heterocycles. The van der Waals surface area contributed by atoms with Gasteiger partial charge in [0.15, 0.2) is 0 Å². The number of hydrogen-bond donors (Lipinski definition) is 3. The molecule has 33 heavy (non-hydrogen) atoms. The highest BCUT2D eigenvalue weighted by molar-refractivity contribution is 5.74. The van der Waals surface area contributed by atoms with E-state index in [0.29, 0.717) is 30.4 Å². The number of ether oxygens (including phenoxy) is 2. The van der Waals surface area contributed by atoms with Gasteiger partial charge in [-0.1, -0.05) is 44.2 Å². The normalized spacial score (nSPS) is 18.7. The lowest BCUT2D eigenvalue weighted by molar-refractivity contribution is -0.136. The van der Waals surface area contributed by atoms with E-state index in [1.165, 1.54) is 5.56 Å². The summed E-state index contributed by atoms with van der Waals surface area (Å²) in [7, 11) is 0. The average molecular weight is 445 g/mol. The molecule has 0 aliphatic carbocycles. The van der Waals surface area contributed by atoms with Crippen LogP contribution in [0.5, 0.6) is 11.5 Å². The predicted molar refractivity (Wildman–Crippen MR) is 128 cm³/mol. The van der Waals surface area contributed by atoms with E-state index >= 15 is 0 Å². The lowest BCUT2D eigenvalue weighted by Gasteiger charge is -2.30. The number of para-hydroxylation sites is 1. The van der Waals surface area contributed by atoms with Gasteiger partial charge in [0.05, 0.1) is 24.7 Å². The monoisotopic (exact) mass is 444 g/mol. The van der Waals surface area contributed by atoms with Crippen molar-refractivity contribution in [2.45, 2.75) is 38.3 Å². The van der Waals surface area contributed by atoms with Crippen molar-refractivity contribution in [3.05, 3.63) is 76.9 Å². The van der Waals surface area contributed by atoms with Crippen molar-refractivity contribution >= 4 is 11.7 Å². The summed E-state index contributed by atoms with van der Waals surface area (Å²) in [6, 6.07) is 18.2. The highest BCUT2D eigenvalue weighted by atomic mass is 16.5. The number of aliphatic carboxylic acids is 1. The van der Waals surface area contributed by atoms with Crippen molar-refractivity contribution in [1.29, 1.82) is 0 Å². The largest absolute Gasteiger partial charge is 0.491 e. The van der Waals surface area contributed by atoms with Crippen LogP contribution in [0.1, 0.15) is 54.2 Å². The van der Waals surface area contributed by atoms with Crippen LogP contribution in [0.25, 0.3) is 11.1 Å². The quantitative estimate of drug-likeness (QED) is 0.510. The second-order valence-electron chi connectivity index (χ2n) is 9.06. The number of rotatable bonds is 5. The summed E-state index contributed by atoms with van der Waals surface area (Å²) in [5.74, 6) is 0.939. The minimum Gasteiger partial charge on any atom is -0.491 e. The number of carboxylic acids is 1. The van der Waals surface area contributed by atoms with Crippen LogP contribution in [0.2, 0.25) is 0 Å². The maximum Gasteiger partial charge on any atom is 0.307 e. The second-order valence-corrected chi connectivity index (χ2v) is 9.06. The minimum atomic E-state index is -0.878. The Kier molecular flexibility index (Phi) is 5.46. The zero-order valence-corrected chi connectivity index (χ0v) is 18.8. The van der Waals surface area contributed by atoms with E-state index in [0.717, 1.165) is 33.7 Å². The van der Waals surface area contributed by atoms with Crippen molar-refractivity contribution in [2.75, 3.05) is 18.5 Å². The van der Waals surface area contributed by atoms with E-state index in [1.807, 2.05) is 24.3 Å². The van der Waals surface area contributed by atoms with Gasteiger partial charge in [0, 0.05) is 11.1 Å². The van der Waals surface area contributed by atoms with Gasteiger partial charge in [-0.3, -0.25) is 4.79 Å². The molecule has 5 rings (SSSR count). The summed E-state index contributed by atoms with van der Waals surface area (Å²) in [4.78, 5) is 11.3. The van der Waals surface area contributed by atoms with Gasteiger partial charge >= 0.3 is 5.97 Å². The van der Waals surface area contributed by atoms with Crippen LogP contribution in [0.4, 0.5) is 5.69 Å². The van der Waals surface area contributed by atoms with Crippen LogP contribution >= 0.6 is 0 Å². The highest BCUT2D eigenvalue weighted by Crippen LogP contribution is 2.40. The summed E-state index contributed by atoms with van der Waals surface area (Å²) in [5.41, 5.74) is 13.2. The van der Waals surface area contributed by atoms with E-state index < -0.39 is 5.97 Å². The lowest BCUT2D eigenvalue weighted by Crippen LogP contribution is -2.25. The molecule has 2 aliphatic heterocycles. The van der Waals surface area contributed by atoms with Gasteiger partial charge in [0.25, 0.3) is 0 Å². The maximum absolute atomic E-state index is 11.3. The maximum atomic E-state index is 11.3. The summed E-state index contributed by atoms with van der Waals surface area (Å²) >= 11 is 0. The molecule has 3 aromatic rings. The molecule has 0 saturated carbocycles. The molecule has 6 heteroatoms. The first-order chi connectivity index (χ1) is 15.9. The van der Waals surface area contributed by atoms with Crippen LogP contribution < -0.4 is 20.5 Å². The molecule has 0 aromatic heterocycles. The number of carboxylic acid groups (broad SMARTS) is 1. The van der Waals surface area contributed by atoms with Gasteiger partial charge in [-0.15, -0.1) is 0 Å². The topological polar surface area (TPSA) is 93.8 Å². The molecule has 6 nitrogen and oxygen atoms in total. The lowest BCUT2D eigenvalue weighted by atomic mass is 9.91. The van der Waals surface area contributed by atoms with Gasteiger partial charge in [-0.2, -0.15) is 0 Å². The van der Waals surface area contributed by atoms with Crippen LogP contribution in [0, 0.1) is 0 Å². The van der Waals surface area contributed by atoms with Gasteiger partial charge in [-0.25, -0.2) is 0 Å². The summed E-state index contributed by atoms with van der Waals surface area (Å²) in [5, 5.41) is 12.7. The third-order valence-electron chi connectivity index (χ3n) is 6.35. The number of nitrogens with two attached hydrogens (primary N) is 1. The van der Waals surface area contributed by atoms with E-state index in [4.69, 9.17) is 15.2 Å². The number of fused-ring (bicyclic) bond motifs is 2. The SMILES string of the molecule is CC(C)c1cc(-c2ccc3c(c2)[C@H](N)CO3)cc([C@@H]2CNc3cccc(CC(=O)O)c3O2)c1. The Morgan fingerprint density at radius 1 is 1.15 bits per heavy atom. The zero-order valence-electron chi connectivity index (χ0n) is 18.8. The molecule has 170 valence electrons. The van der Waals surface area contributed by atoms with Gasteiger partial charge in [-0.05, 0) is 52.4 Å². The fourth-order valence-corrected chi connectivity index (χ4v) is 4.52. The third kappa shape index (κ3) is 4.14. The Balaban J connectivity index is 1.53.